The molecule has 0 aromatic heterocycles. The van der Waals surface area contributed by atoms with E-state index in [4.69, 9.17) is 0 Å². The van der Waals surface area contributed by atoms with Crippen molar-refractivity contribution in [3.05, 3.63) is 83.2 Å². The topological polar surface area (TPSA) is 0 Å². The van der Waals surface area contributed by atoms with Crippen molar-refractivity contribution in [2.75, 3.05) is 0 Å². The van der Waals surface area contributed by atoms with Crippen LogP contribution in [0, 0.1) is 5.82 Å². The zero-order chi connectivity index (χ0) is 15.2. The maximum atomic E-state index is 14.1. The molecule has 2 aromatic carbocycles. The van der Waals surface area contributed by atoms with Gasteiger partial charge in [-0.3, -0.25) is 0 Å². The van der Waals surface area contributed by atoms with Gasteiger partial charge in [0, 0.05) is 11.1 Å². The molecule has 0 aliphatic heterocycles. The molecule has 0 unspecified atom stereocenters. The lowest BCUT2D eigenvalue weighted by Gasteiger charge is -2.03. The predicted molar refractivity (Wildman–Crippen MR) is 80.4 cm³/mol. The number of allylic oxidation sites excluding steroid dienone is 2. The number of hydrogen-bond donors (Lipinski definition) is 0. The zero-order valence-corrected chi connectivity index (χ0v) is 11.6. The molecule has 0 radical (unpaired) electrons. The van der Waals surface area contributed by atoms with Crippen LogP contribution in [0.2, 0.25) is 0 Å². The van der Waals surface area contributed by atoms with Crippen molar-refractivity contribution in [2.45, 2.75) is 13.3 Å². The molecule has 0 saturated heterocycles. The van der Waals surface area contributed by atoms with E-state index >= 15 is 0 Å². The average Bonchev–Trinajstić information content (AvgIpc) is 2.53. The minimum absolute atomic E-state index is 0.0203. The number of rotatable bonds is 4. The third-order valence-electron chi connectivity index (χ3n) is 3.09. The average molecular weight is 288 g/mol. The molecule has 0 saturated carbocycles. The SMILES string of the molecule is CC=CCc1ccc(C(F)=C(F)c2ccc(F)cc2)cc1. The summed E-state index contributed by atoms with van der Waals surface area (Å²) in [6.07, 6.45) is 4.67. The lowest BCUT2D eigenvalue weighted by Crippen LogP contribution is -1.87. The summed E-state index contributed by atoms with van der Waals surface area (Å²) in [6.45, 7) is 1.93. The summed E-state index contributed by atoms with van der Waals surface area (Å²) in [5.41, 5.74) is 1.21. The quantitative estimate of drug-likeness (QED) is 0.499. The van der Waals surface area contributed by atoms with Gasteiger partial charge in [0.25, 0.3) is 0 Å². The molecule has 108 valence electrons. The normalized spacial score (nSPS) is 12.6. The summed E-state index contributed by atoms with van der Waals surface area (Å²) in [5.74, 6) is -2.42. The van der Waals surface area contributed by atoms with E-state index in [1.165, 1.54) is 24.3 Å². The molecule has 0 bridgehead atoms. The van der Waals surface area contributed by atoms with E-state index in [1.54, 1.807) is 12.1 Å². The summed E-state index contributed by atoms with van der Waals surface area (Å²) in [6, 6.07) is 11.2. The monoisotopic (exact) mass is 288 g/mol. The Bertz CT molecular complexity index is 650. The smallest absolute Gasteiger partial charge is 0.166 e. The lowest BCUT2D eigenvalue weighted by molar-refractivity contribution is 0.627. The molecule has 2 rings (SSSR count). The van der Waals surface area contributed by atoms with Crippen LogP contribution in [0.4, 0.5) is 13.2 Å². The van der Waals surface area contributed by atoms with E-state index in [2.05, 4.69) is 0 Å². The van der Waals surface area contributed by atoms with Crippen molar-refractivity contribution in [3.63, 3.8) is 0 Å². The molecule has 0 spiro atoms. The van der Waals surface area contributed by atoms with Crippen LogP contribution < -0.4 is 0 Å². The van der Waals surface area contributed by atoms with Gasteiger partial charge in [-0.25, -0.2) is 13.2 Å². The highest BCUT2D eigenvalue weighted by Crippen LogP contribution is 2.28. The largest absolute Gasteiger partial charge is 0.207 e. The molecule has 0 aliphatic carbocycles. The molecule has 0 heterocycles. The minimum atomic E-state index is -0.990. The third-order valence-corrected chi connectivity index (χ3v) is 3.09. The summed E-state index contributed by atoms with van der Waals surface area (Å²) in [4.78, 5) is 0. The molecule has 21 heavy (non-hydrogen) atoms. The summed E-state index contributed by atoms with van der Waals surface area (Å²) in [5, 5.41) is 0. The number of halogens is 3. The van der Waals surface area contributed by atoms with Crippen LogP contribution in [0.15, 0.2) is 60.7 Å². The van der Waals surface area contributed by atoms with Gasteiger partial charge in [0.1, 0.15) is 5.82 Å². The first-order chi connectivity index (χ1) is 10.1. The standard InChI is InChI=1S/C18H15F3/c1-2-3-4-13-5-7-14(8-6-13)17(20)18(21)15-9-11-16(19)12-10-15/h2-3,5-12H,4H2,1H3. The van der Waals surface area contributed by atoms with Crippen molar-refractivity contribution in [3.8, 4) is 0 Å². The van der Waals surface area contributed by atoms with Crippen molar-refractivity contribution in [1.82, 2.24) is 0 Å². The highest BCUT2D eigenvalue weighted by atomic mass is 19.2. The minimum Gasteiger partial charge on any atom is -0.207 e. The first kappa shape index (κ1) is 15.1. The third kappa shape index (κ3) is 3.85. The van der Waals surface area contributed by atoms with Crippen LogP contribution in [0.1, 0.15) is 23.6 Å². The maximum Gasteiger partial charge on any atom is 0.166 e. The Morgan fingerprint density at radius 1 is 0.857 bits per heavy atom. The predicted octanol–water partition coefficient (Wildman–Crippen LogP) is 5.71. The van der Waals surface area contributed by atoms with Crippen molar-refractivity contribution >= 4 is 11.7 Å². The Labute approximate surface area is 122 Å². The van der Waals surface area contributed by atoms with Gasteiger partial charge < -0.3 is 0 Å². The van der Waals surface area contributed by atoms with Gasteiger partial charge in [0.15, 0.2) is 11.7 Å². The molecule has 0 nitrogen and oxygen atoms in total. The highest BCUT2D eigenvalue weighted by Gasteiger charge is 2.11. The lowest BCUT2D eigenvalue weighted by atomic mass is 10.1. The molecular weight excluding hydrogens is 273 g/mol. The van der Waals surface area contributed by atoms with E-state index in [0.29, 0.717) is 0 Å². The molecule has 0 aliphatic rings. The zero-order valence-electron chi connectivity index (χ0n) is 11.6. The fourth-order valence-corrected chi connectivity index (χ4v) is 1.89. The van der Waals surface area contributed by atoms with Gasteiger partial charge in [0.05, 0.1) is 0 Å². The van der Waals surface area contributed by atoms with E-state index in [0.717, 1.165) is 24.1 Å². The second-order valence-corrected chi connectivity index (χ2v) is 4.60. The first-order valence-electron chi connectivity index (χ1n) is 6.63. The highest BCUT2D eigenvalue weighted by molar-refractivity contribution is 5.83. The van der Waals surface area contributed by atoms with Gasteiger partial charge in [0.2, 0.25) is 0 Å². The van der Waals surface area contributed by atoms with Crippen LogP contribution in [-0.2, 0) is 6.42 Å². The van der Waals surface area contributed by atoms with Gasteiger partial charge in [-0.15, -0.1) is 0 Å². The number of hydrogen-bond acceptors (Lipinski definition) is 0. The van der Waals surface area contributed by atoms with Gasteiger partial charge in [-0.05, 0) is 43.2 Å². The molecule has 0 fully saturated rings. The van der Waals surface area contributed by atoms with Crippen LogP contribution in [0.25, 0.3) is 11.7 Å². The molecule has 0 atom stereocenters. The molecule has 3 heteroatoms. The molecule has 0 N–H and O–H groups in total. The van der Waals surface area contributed by atoms with E-state index in [1.807, 2.05) is 19.1 Å². The Morgan fingerprint density at radius 3 is 1.81 bits per heavy atom. The summed E-state index contributed by atoms with van der Waals surface area (Å²) < 4.78 is 40.9. The van der Waals surface area contributed by atoms with Crippen LogP contribution in [0.3, 0.4) is 0 Å². The summed E-state index contributed by atoms with van der Waals surface area (Å²) >= 11 is 0. The fraction of sp³-hybridized carbons (Fsp3) is 0.111. The molecular formula is C18H15F3. The van der Waals surface area contributed by atoms with Gasteiger partial charge in [-0.2, -0.15) is 0 Å². The Balaban J connectivity index is 2.27. The second-order valence-electron chi connectivity index (χ2n) is 4.60. The van der Waals surface area contributed by atoms with E-state index in [9.17, 15) is 13.2 Å². The summed E-state index contributed by atoms with van der Waals surface area (Å²) in [7, 11) is 0. The molecule has 2 aromatic rings. The van der Waals surface area contributed by atoms with Crippen LogP contribution in [0.5, 0.6) is 0 Å². The van der Waals surface area contributed by atoms with Crippen molar-refractivity contribution in [1.29, 1.82) is 0 Å². The number of benzene rings is 2. The first-order valence-corrected chi connectivity index (χ1v) is 6.63. The van der Waals surface area contributed by atoms with Crippen molar-refractivity contribution < 1.29 is 13.2 Å². The Hall–Kier alpha value is -2.29. The Morgan fingerprint density at radius 2 is 1.33 bits per heavy atom. The van der Waals surface area contributed by atoms with Crippen LogP contribution >= 0.6 is 0 Å². The van der Waals surface area contributed by atoms with E-state index < -0.39 is 17.5 Å². The van der Waals surface area contributed by atoms with Gasteiger partial charge in [-0.1, -0.05) is 36.4 Å². The Kier molecular flexibility index (Phi) is 4.99. The van der Waals surface area contributed by atoms with Crippen LogP contribution in [-0.4, -0.2) is 0 Å². The van der Waals surface area contributed by atoms with Crippen molar-refractivity contribution in [2.24, 2.45) is 0 Å². The molecule has 0 amide bonds. The fourth-order valence-electron chi connectivity index (χ4n) is 1.89. The second kappa shape index (κ2) is 6.93. The maximum absolute atomic E-state index is 14.1. The van der Waals surface area contributed by atoms with E-state index in [-0.39, 0.29) is 11.1 Å². The van der Waals surface area contributed by atoms with Gasteiger partial charge >= 0.3 is 0 Å².